The summed E-state index contributed by atoms with van der Waals surface area (Å²) in [6.07, 6.45) is 10.6. The van der Waals surface area contributed by atoms with Gasteiger partial charge in [0, 0.05) is 17.8 Å². The van der Waals surface area contributed by atoms with Gasteiger partial charge in [0.15, 0.2) is 0 Å². The van der Waals surface area contributed by atoms with Crippen LogP contribution in [0.25, 0.3) is 0 Å². The normalized spacial score (nSPS) is 20.6. The zero-order valence-corrected chi connectivity index (χ0v) is 11.5. The fraction of sp³-hybridized carbons (Fsp3) is 0.733. The predicted molar refractivity (Wildman–Crippen MR) is 75.4 cm³/mol. The second kappa shape index (κ2) is 6.73. The van der Waals surface area contributed by atoms with Crippen molar-refractivity contribution in [2.75, 3.05) is 6.54 Å². The second-order valence-electron chi connectivity index (χ2n) is 5.71. The molecule has 4 nitrogen and oxygen atoms in total. The number of allylic oxidation sites excluding steroid dienone is 1. The van der Waals surface area contributed by atoms with Crippen LogP contribution < -0.4 is 5.32 Å². The zero-order chi connectivity index (χ0) is 13.7. The summed E-state index contributed by atoms with van der Waals surface area (Å²) in [5, 5.41) is 19.9. The number of carboxylic acid groups (broad SMARTS) is 1. The molecule has 4 heteroatoms. The number of rotatable bonds is 6. The minimum atomic E-state index is -1.11. The van der Waals surface area contributed by atoms with Crippen LogP contribution in [0.15, 0.2) is 11.3 Å². The molecule has 1 fully saturated rings. The average molecular weight is 264 g/mol. The third-order valence-corrected chi connectivity index (χ3v) is 4.35. The second-order valence-corrected chi connectivity index (χ2v) is 5.71. The number of hydrogen-bond donors (Lipinski definition) is 3. The Balaban J connectivity index is 1.81. The van der Waals surface area contributed by atoms with E-state index in [1.165, 1.54) is 38.5 Å². The molecular weight excluding hydrogens is 240 g/mol. The van der Waals surface area contributed by atoms with Crippen LogP contribution in [0.1, 0.15) is 57.8 Å². The van der Waals surface area contributed by atoms with Crippen molar-refractivity contribution in [1.29, 1.82) is 5.41 Å². The molecule has 0 saturated heterocycles. The fourth-order valence-electron chi connectivity index (χ4n) is 3.25. The molecule has 2 rings (SSSR count). The number of hydrogen-bond acceptors (Lipinski definition) is 3. The van der Waals surface area contributed by atoms with Gasteiger partial charge in [-0.2, -0.15) is 0 Å². The summed E-state index contributed by atoms with van der Waals surface area (Å²) in [6, 6.07) is 0. The first-order valence-electron chi connectivity index (χ1n) is 7.46. The van der Waals surface area contributed by atoms with Gasteiger partial charge in [0.2, 0.25) is 0 Å². The standard InChI is InChI=1S/C15H24N2O2/c16-14(15(18)19)12-7-4-8-13(12)17-10-9-11-5-2-1-3-6-11/h11,16-17H,1-10H2,(H,18,19). The molecule has 0 heterocycles. The van der Waals surface area contributed by atoms with Crippen LogP contribution in [-0.4, -0.2) is 23.3 Å². The first-order valence-corrected chi connectivity index (χ1v) is 7.46. The Bertz CT molecular complexity index is 382. The topological polar surface area (TPSA) is 73.2 Å². The monoisotopic (exact) mass is 264 g/mol. The SMILES string of the molecule is N=C(C(=O)O)C1=C(NCCC2CCCCC2)CCC1. The van der Waals surface area contributed by atoms with Gasteiger partial charge in [0.1, 0.15) is 5.71 Å². The van der Waals surface area contributed by atoms with Crippen molar-refractivity contribution in [1.82, 2.24) is 5.32 Å². The van der Waals surface area contributed by atoms with E-state index >= 15 is 0 Å². The van der Waals surface area contributed by atoms with E-state index in [0.29, 0.717) is 0 Å². The molecule has 0 spiro atoms. The lowest BCUT2D eigenvalue weighted by Gasteiger charge is -2.22. The van der Waals surface area contributed by atoms with Crippen LogP contribution in [0, 0.1) is 11.3 Å². The largest absolute Gasteiger partial charge is 0.477 e. The summed E-state index contributed by atoms with van der Waals surface area (Å²) in [5.41, 5.74) is 1.50. The minimum absolute atomic E-state index is 0.224. The Morgan fingerprint density at radius 3 is 2.63 bits per heavy atom. The molecule has 0 aromatic rings. The maximum Gasteiger partial charge on any atom is 0.354 e. The summed E-state index contributed by atoms with van der Waals surface area (Å²) >= 11 is 0. The van der Waals surface area contributed by atoms with Gasteiger partial charge in [-0.15, -0.1) is 0 Å². The summed E-state index contributed by atoms with van der Waals surface area (Å²) in [4.78, 5) is 10.9. The van der Waals surface area contributed by atoms with E-state index in [2.05, 4.69) is 5.32 Å². The van der Waals surface area contributed by atoms with E-state index < -0.39 is 5.97 Å². The van der Waals surface area contributed by atoms with E-state index in [-0.39, 0.29) is 5.71 Å². The number of nitrogens with one attached hydrogen (secondary N) is 2. The van der Waals surface area contributed by atoms with Gasteiger partial charge < -0.3 is 10.4 Å². The fourth-order valence-corrected chi connectivity index (χ4v) is 3.25. The summed E-state index contributed by atoms with van der Waals surface area (Å²) < 4.78 is 0. The van der Waals surface area contributed by atoms with E-state index in [9.17, 15) is 4.79 Å². The molecule has 0 bridgehead atoms. The minimum Gasteiger partial charge on any atom is -0.477 e. The lowest BCUT2D eigenvalue weighted by atomic mass is 9.87. The van der Waals surface area contributed by atoms with Crippen molar-refractivity contribution >= 4 is 11.7 Å². The van der Waals surface area contributed by atoms with E-state index in [1.54, 1.807) is 0 Å². The number of aliphatic carboxylic acids is 1. The highest BCUT2D eigenvalue weighted by Crippen LogP contribution is 2.27. The Labute approximate surface area is 114 Å². The average Bonchev–Trinajstić information content (AvgIpc) is 2.87. The molecule has 2 aliphatic carbocycles. The van der Waals surface area contributed by atoms with Crippen LogP contribution in [0.2, 0.25) is 0 Å². The van der Waals surface area contributed by atoms with Crippen molar-refractivity contribution in [3.63, 3.8) is 0 Å². The molecule has 106 valence electrons. The summed E-state index contributed by atoms with van der Waals surface area (Å²) in [7, 11) is 0. The van der Waals surface area contributed by atoms with Crippen molar-refractivity contribution in [3.8, 4) is 0 Å². The number of carbonyl (C=O) groups is 1. The van der Waals surface area contributed by atoms with Crippen LogP contribution >= 0.6 is 0 Å². The van der Waals surface area contributed by atoms with Crippen LogP contribution in [-0.2, 0) is 4.79 Å². The molecule has 0 unspecified atom stereocenters. The molecule has 0 aliphatic heterocycles. The first-order chi connectivity index (χ1) is 9.18. The summed E-state index contributed by atoms with van der Waals surface area (Å²) in [6.45, 7) is 0.927. The highest BCUT2D eigenvalue weighted by Gasteiger charge is 2.22. The van der Waals surface area contributed by atoms with Crippen molar-refractivity contribution in [2.24, 2.45) is 5.92 Å². The first kappa shape index (κ1) is 14.1. The van der Waals surface area contributed by atoms with Crippen LogP contribution in [0.3, 0.4) is 0 Å². The van der Waals surface area contributed by atoms with Gasteiger partial charge in [-0.3, -0.25) is 5.41 Å². The van der Waals surface area contributed by atoms with Crippen molar-refractivity contribution in [2.45, 2.75) is 57.8 Å². The molecular formula is C15H24N2O2. The quantitative estimate of drug-likeness (QED) is 0.645. The predicted octanol–water partition coefficient (Wildman–Crippen LogP) is 3.09. The summed E-state index contributed by atoms with van der Waals surface area (Å²) in [5.74, 6) is -0.269. The molecule has 19 heavy (non-hydrogen) atoms. The number of carboxylic acids is 1. The molecule has 0 aromatic carbocycles. The maximum absolute atomic E-state index is 10.9. The van der Waals surface area contributed by atoms with Gasteiger partial charge in [0.05, 0.1) is 0 Å². The van der Waals surface area contributed by atoms with Crippen LogP contribution in [0.5, 0.6) is 0 Å². The lowest BCUT2D eigenvalue weighted by molar-refractivity contribution is -0.129. The van der Waals surface area contributed by atoms with Gasteiger partial charge in [-0.05, 0) is 31.6 Å². The van der Waals surface area contributed by atoms with Crippen molar-refractivity contribution in [3.05, 3.63) is 11.3 Å². The molecule has 0 radical (unpaired) electrons. The molecule has 0 aromatic heterocycles. The Morgan fingerprint density at radius 2 is 1.95 bits per heavy atom. The lowest BCUT2D eigenvalue weighted by Crippen LogP contribution is -2.22. The van der Waals surface area contributed by atoms with Gasteiger partial charge in [-0.1, -0.05) is 32.1 Å². The van der Waals surface area contributed by atoms with Crippen LogP contribution in [0.4, 0.5) is 0 Å². The Kier molecular flexibility index (Phi) is 5.00. The van der Waals surface area contributed by atoms with E-state index in [0.717, 1.165) is 43.0 Å². The molecule has 1 saturated carbocycles. The molecule has 0 atom stereocenters. The Morgan fingerprint density at radius 1 is 1.21 bits per heavy atom. The molecule has 3 N–H and O–H groups in total. The van der Waals surface area contributed by atoms with Gasteiger partial charge >= 0.3 is 5.97 Å². The van der Waals surface area contributed by atoms with Gasteiger partial charge in [0.25, 0.3) is 0 Å². The molecule has 2 aliphatic rings. The zero-order valence-electron chi connectivity index (χ0n) is 11.5. The third-order valence-electron chi connectivity index (χ3n) is 4.35. The van der Waals surface area contributed by atoms with E-state index in [1.807, 2.05) is 0 Å². The van der Waals surface area contributed by atoms with Crippen molar-refractivity contribution < 1.29 is 9.90 Å². The van der Waals surface area contributed by atoms with E-state index in [4.69, 9.17) is 10.5 Å². The smallest absolute Gasteiger partial charge is 0.354 e. The Hall–Kier alpha value is -1.32. The molecule has 0 amide bonds. The third kappa shape index (κ3) is 3.82. The highest BCUT2D eigenvalue weighted by molar-refractivity contribution is 6.41. The highest BCUT2D eigenvalue weighted by atomic mass is 16.4. The van der Waals surface area contributed by atoms with Gasteiger partial charge in [-0.25, -0.2) is 4.79 Å². The maximum atomic E-state index is 10.9.